The van der Waals surface area contributed by atoms with Crippen LogP contribution in [0.1, 0.15) is 43.7 Å². The van der Waals surface area contributed by atoms with Crippen molar-refractivity contribution in [3.05, 3.63) is 42.0 Å². The Bertz CT molecular complexity index is 618. The summed E-state index contributed by atoms with van der Waals surface area (Å²) in [6.07, 6.45) is 5.17. The van der Waals surface area contributed by atoms with Crippen molar-refractivity contribution in [2.45, 2.75) is 44.8 Å². The van der Waals surface area contributed by atoms with Crippen molar-refractivity contribution in [3.63, 3.8) is 0 Å². The van der Waals surface area contributed by atoms with Crippen LogP contribution in [0, 0.1) is 5.82 Å². The predicted molar refractivity (Wildman–Crippen MR) is 80.0 cm³/mol. The number of anilines is 1. The molecule has 1 aliphatic heterocycles. The van der Waals surface area contributed by atoms with Gasteiger partial charge >= 0.3 is 0 Å². The number of nitrogens with zero attached hydrogens (tertiary/aromatic N) is 3. The third kappa shape index (κ3) is 2.83. The third-order valence-electron chi connectivity index (χ3n) is 4.19. The second-order valence-corrected chi connectivity index (χ2v) is 5.57. The van der Waals surface area contributed by atoms with Gasteiger partial charge in [-0.25, -0.2) is 14.4 Å². The molecule has 1 fully saturated rings. The third-order valence-corrected chi connectivity index (χ3v) is 4.19. The van der Waals surface area contributed by atoms with Crippen molar-refractivity contribution in [2.24, 2.45) is 0 Å². The van der Waals surface area contributed by atoms with Gasteiger partial charge in [-0.1, -0.05) is 6.92 Å². The largest absolute Gasteiger partial charge is 0.467 e. The fourth-order valence-electron chi connectivity index (χ4n) is 3.06. The first kappa shape index (κ1) is 15.0. The molecule has 5 nitrogen and oxygen atoms in total. The zero-order valence-corrected chi connectivity index (χ0v) is 12.6. The molecule has 2 aromatic rings. The smallest absolute Gasteiger partial charge is 0.187 e. The average molecular weight is 305 g/mol. The van der Waals surface area contributed by atoms with Gasteiger partial charge in [-0.2, -0.15) is 0 Å². The highest BCUT2D eigenvalue weighted by Crippen LogP contribution is 2.32. The number of aromatic nitrogens is 2. The van der Waals surface area contributed by atoms with Crippen molar-refractivity contribution >= 4 is 5.82 Å². The van der Waals surface area contributed by atoms with Crippen molar-refractivity contribution in [1.29, 1.82) is 0 Å². The molecule has 0 aliphatic carbocycles. The van der Waals surface area contributed by atoms with Crippen LogP contribution >= 0.6 is 0 Å². The molecule has 0 aromatic carbocycles. The van der Waals surface area contributed by atoms with Crippen LogP contribution in [0.2, 0.25) is 0 Å². The monoisotopic (exact) mass is 305 g/mol. The number of aliphatic hydroxyl groups is 1. The predicted octanol–water partition coefficient (Wildman–Crippen LogP) is 2.86. The minimum Gasteiger partial charge on any atom is -0.467 e. The van der Waals surface area contributed by atoms with E-state index in [2.05, 4.69) is 9.97 Å². The van der Waals surface area contributed by atoms with E-state index in [1.807, 2.05) is 11.8 Å². The molecule has 3 rings (SSSR count). The molecule has 0 radical (unpaired) electrons. The highest BCUT2D eigenvalue weighted by molar-refractivity contribution is 5.43. The number of aryl methyl sites for hydroxylation is 1. The van der Waals surface area contributed by atoms with Crippen molar-refractivity contribution < 1.29 is 13.9 Å². The quantitative estimate of drug-likeness (QED) is 0.920. The summed E-state index contributed by atoms with van der Waals surface area (Å²) in [6, 6.07) is 3.56. The van der Waals surface area contributed by atoms with Crippen molar-refractivity contribution in [1.82, 2.24) is 9.97 Å². The van der Waals surface area contributed by atoms with Gasteiger partial charge in [0.15, 0.2) is 11.6 Å². The van der Waals surface area contributed by atoms with Gasteiger partial charge in [0, 0.05) is 19.0 Å². The first-order valence-electron chi connectivity index (χ1n) is 7.68. The summed E-state index contributed by atoms with van der Waals surface area (Å²) in [5.74, 6) is 0.551. The Morgan fingerprint density at radius 1 is 1.50 bits per heavy atom. The molecular formula is C16H20FN3O2. The van der Waals surface area contributed by atoms with Crippen LogP contribution in [0.15, 0.2) is 29.1 Å². The molecule has 3 heterocycles. The molecule has 0 spiro atoms. The van der Waals surface area contributed by atoms with E-state index in [1.54, 1.807) is 18.4 Å². The van der Waals surface area contributed by atoms with E-state index in [0.29, 0.717) is 30.1 Å². The number of hydrogen-bond acceptors (Lipinski definition) is 5. The van der Waals surface area contributed by atoms with Gasteiger partial charge in [-0.05, 0) is 31.4 Å². The molecule has 118 valence electrons. The summed E-state index contributed by atoms with van der Waals surface area (Å²) in [4.78, 5) is 10.0. The number of furan rings is 1. The Balaban J connectivity index is 1.79. The van der Waals surface area contributed by atoms with Gasteiger partial charge in [0.05, 0.1) is 12.0 Å². The second kappa shape index (κ2) is 6.44. The Morgan fingerprint density at radius 3 is 3.09 bits per heavy atom. The summed E-state index contributed by atoms with van der Waals surface area (Å²) < 4.78 is 19.7. The summed E-state index contributed by atoms with van der Waals surface area (Å²) >= 11 is 0. The molecule has 0 unspecified atom stereocenters. The van der Waals surface area contributed by atoms with Gasteiger partial charge < -0.3 is 14.4 Å². The maximum atomic E-state index is 14.5. The van der Waals surface area contributed by atoms with Crippen molar-refractivity contribution in [3.8, 4) is 0 Å². The Labute approximate surface area is 128 Å². The fraction of sp³-hybridized carbons (Fsp3) is 0.500. The number of aliphatic hydroxyl groups excluding tert-OH is 1. The van der Waals surface area contributed by atoms with E-state index >= 15 is 0 Å². The maximum Gasteiger partial charge on any atom is 0.187 e. The molecule has 0 saturated carbocycles. The van der Waals surface area contributed by atoms with Crippen LogP contribution in [0.5, 0.6) is 0 Å². The minimum atomic E-state index is -0.684. The molecule has 6 heteroatoms. The van der Waals surface area contributed by atoms with E-state index in [-0.39, 0.29) is 11.9 Å². The fourth-order valence-corrected chi connectivity index (χ4v) is 3.06. The number of rotatable bonds is 5. The van der Waals surface area contributed by atoms with Crippen LogP contribution in [0.3, 0.4) is 0 Å². The Kier molecular flexibility index (Phi) is 4.38. The lowest BCUT2D eigenvalue weighted by Crippen LogP contribution is -2.32. The van der Waals surface area contributed by atoms with Gasteiger partial charge in [0.1, 0.15) is 18.2 Å². The normalized spacial score (nSPS) is 19.6. The molecule has 2 aromatic heterocycles. The molecule has 0 amide bonds. The average Bonchev–Trinajstić information content (AvgIpc) is 3.19. The van der Waals surface area contributed by atoms with E-state index in [4.69, 9.17) is 4.42 Å². The van der Waals surface area contributed by atoms with E-state index in [9.17, 15) is 9.50 Å². The molecular weight excluding hydrogens is 285 g/mol. The zero-order valence-electron chi connectivity index (χ0n) is 12.6. The van der Waals surface area contributed by atoms with Gasteiger partial charge in [-0.15, -0.1) is 0 Å². The summed E-state index contributed by atoms with van der Waals surface area (Å²) in [7, 11) is 0. The summed E-state index contributed by atoms with van der Waals surface area (Å²) in [5.41, 5.74) is 0.433. The van der Waals surface area contributed by atoms with Crippen molar-refractivity contribution in [2.75, 3.05) is 11.4 Å². The lowest BCUT2D eigenvalue weighted by atomic mass is 10.1. The van der Waals surface area contributed by atoms with Crippen LogP contribution in [-0.2, 0) is 6.42 Å². The van der Waals surface area contributed by atoms with Crippen LogP contribution < -0.4 is 4.90 Å². The molecule has 1 aliphatic rings. The van der Waals surface area contributed by atoms with Gasteiger partial charge in [-0.3, -0.25) is 0 Å². The van der Waals surface area contributed by atoms with E-state index in [0.717, 1.165) is 19.4 Å². The van der Waals surface area contributed by atoms with Crippen LogP contribution in [0.25, 0.3) is 0 Å². The number of halogens is 1. The minimum absolute atomic E-state index is 0.0502. The second-order valence-electron chi connectivity index (χ2n) is 5.57. The van der Waals surface area contributed by atoms with E-state index in [1.165, 1.54) is 6.33 Å². The Morgan fingerprint density at radius 2 is 2.36 bits per heavy atom. The highest BCUT2D eigenvalue weighted by atomic mass is 19.1. The van der Waals surface area contributed by atoms with Gasteiger partial charge in [0.25, 0.3) is 0 Å². The first-order valence-corrected chi connectivity index (χ1v) is 7.68. The molecule has 2 atom stereocenters. The standard InChI is InChI=1S/C16H20FN3O2/c1-2-12-15(17)16(19-10-18-12)20-7-3-5-11(20)9-13(21)14-6-4-8-22-14/h4,6,8,10-11,13,21H,2-3,5,7,9H2,1H3/t11-,13-/m0/s1. The lowest BCUT2D eigenvalue weighted by Gasteiger charge is -2.27. The zero-order chi connectivity index (χ0) is 15.5. The van der Waals surface area contributed by atoms with E-state index < -0.39 is 6.10 Å². The van der Waals surface area contributed by atoms with Gasteiger partial charge in [0.2, 0.25) is 0 Å². The molecule has 0 bridgehead atoms. The van der Waals surface area contributed by atoms with Crippen LogP contribution in [-0.4, -0.2) is 27.7 Å². The Hall–Kier alpha value is -1.95. The van der Waals surface area contributed by atoms with Crippen LogP contribution in [0.4, 0.5) is 10.2 Å². The number of hydrogen-bond donors (Lipinski definition) is 1. The molecule has 22 heavy (non-hydrogen) atoms. The summed E-state index contributed by atoms with van der Waals surface area (Å²) in [6.45, 7) is 2.62. The highest BCUT2D eigenvalue weighted by Gasteiger charge is 2.31. The summed E-state index contributed by atoms with van der Waals surface area (Å²) in [5, 5.41) is 10.3. The lowest BCUT2D eigenvalue weighted by molar-refractivity contribution is 0.132. The maximum absolute atomic E-state index is 14.5. The molecule has 1 saturated heterocycles. The topological polar surface area (TPSA) is 62.4 Å². The first-order chi connectivity index (χ1) is 10.7. The SMILES string of the molecule is CCc1ncnc(N2CCC[C@H]2C[C@H](O)c2ccco2)c1F. The molecule has 1 N–H and O–H groups in total.